The summed E-state index contributed by atoms with van der Waals surface area (Å²) in [5.41, 5.74) is 3.69. The Morgan fingerprint density at radius 2 is 2.06 bits per heavy atom. The van der Waals surface area contributed by atoms with E-state index in [1.165, 1.54) is 0 Å². The monoisotopic (exact) mass is 240 g/mol. The van der Waals surface area contributed by atoms with Crippen LogP contribution in [-0.2, 0) is 0 Å². The van der Waals surface area contributed by atoms with Crippen molar-refractivity contribution in [2.24, 2.45) is 5.73 Å². The highest BCUT2D eigenvalue weighted by Gasteiger charge is 2.23. The number of aromatic hydroxyl groups is 1. The second kappa shape index (κ2) is 3.81. The highest BCUT2D eigenvalue weighted by molar-refractivity contribution is 5.97. The third-order valence-corrected chi connectivity index (χ3v) is 2.09. The number of nitrogens with zero attached hydrogens (tertiary/aromatic N) is 2. The summed E-state index contributed by atoms with van der Waals surface area (Å²) >= 11 is 0. The predicted octanol–water partition coefficient (Wildman–Crippen LogP) is 0.554. The molecule has 0 aliphatic rings. The number of nitrogens with two attached hydrogens (primary N) is 1. The number of hydrogen-bond acceptors (Lipinski definition) is 4. The van der Waals surface area contributed by atoms with Crippen LogP contribution >= 0.6 is 0 Å². The number of nitrogens with one attached hydrogen (secondary N) is 1. The zero-order chi connectivity index (χ0) is 12.6. The fourth-order valence-electron chi connectivity index (χ4n) is 1.34. The van der Waals surface area contributed by atoms with Crippen LogP contribution in [0.2, 0.25) is 0 Å². The van der Waals surface area contributed by atoms with Gasteiger partial charge >= 0.3 is 0 Å². The minimum atomic E-state index is -1.33. The number of aromatic nitrogens is 3. The Labute approximate surface area is 93.1 Å². The smallest absolute Gasteiger partial charge is 0.271 e. The summed E-state index contributed by atoms with van der Waals surface area (Å²) in [6, 6.07) is 1.69. The molecule has 0 saturated carbocycles. The van der Waals surface area contributed by atoms with E-state index in [1.54, 1.807) is 0 Å². The van der Waals surface area contributed by atoms with Gasteiger partial charge in [-0.2, -0.15) is 15.4 Å². The van der Waals surface area contributed by atoms with Gasteiger partial charge in [-0.25, -0.2) is 8.78 Å². The van der Waals surface area contributed by atoms with Crippen molar-refractivity contribution in [2.45, 2.75) is 0 Å². The van der Waals surface area contributed by atoms with Crippen molar-refractivity contribution in [2.75, 3.05) is 0 Å². The molecule has 0 bridgehead atoms. The van der Waals surface area contributed by atoms with Gasteiger partial charge in [0.25, 0.3) is 5.91 Å². The van der Waals surface area contributed by atoms with E-state index in [0.29, 0.717) is 0 Å². The standard InChI is InChI=1S/C9H6F2N4O2/c10-3-1-2-4(16)5(6(3)11)7-8(9(12)17)14-15-13-7/h1-2,16H,(H2,12,17)(H,13,14,15). The normalized spacial score (nSPS) is 10.5. The lowest BCUT2D eigenvalue weighted by molar-refractivity contribution is 0.0996. The first-order chi connectivity index (χ1) is 8.02. The quantitative estimate of drug-likeness (QED) is 0.712. The van der Waals surface area contributed by atoms with Gasteiger partial charge in [0.05, 0.1) is 5.56 Å². The van der Waals surface area contributed by atoms with Gasteiger partial charge in [0.2, 0.25) is 0 Å². The van der Waals surface area contributed by atoms with E-state index < -0.39 is 28.9 Å². The zero-order valence-corrected chi connectivity index (χ0v) is 8.24. The maximum absolute atomic E-state index is 13.5. The van der Waals surface area contributed by atoms with Crippen molar-refractivity contribution in [1.29, 1.82) is 0 Å². The van der Waals surface area contributed by atoms with Gasteiger partial charge in [-0.15, -0.1) is 0 Å². The lowest BCUT2D eigenvalue weighted by Crippen LogP contribution is -2.13. The number of hydrogen-bond donors (Lipinski definition) is 3. The average molecular weight is 240 g/mol. The number of benzene rings is 1. The van der Waals surface area contributed by atoms with Crippen LogP contribution in [0, 0.1) is 11.6 Å². The molecule has 2 aromatic rings. The number of phenols is 1. The molecule has 0 aliphatic carbocycles. The van der Waals surface area contributed by atoms with E-state index in [9.17, 15) is 18.7 Å². The van der Waals surface area contributed by atoms with Crippen LogP contribution in [0.25, 0.3) is 11.3 Å². The summed E-state index contributed by atoms with van der Waals surface area (Å²) in [6.07, 6.45) is 0. The van der Waals surface area contributed by atoms with Crippen LogP contribution in [0.5, 0.6) is 5.75 Å². The summed E-state index contributed by atoms with van der Waals surface area (Å²) < 4.78 is 26.5. The van der Waals surface area contributed by atoms with Crippen molar-refractivity contribution < 1.29 is 18.7 Å². The molecule has 0 aliphatic heterocycles. The molecule has 88 valence electrons. The number of primary amides is 1. The molecule has 0 fully saturated rings. The summed E-state index contributed by atoms with van der Waals surface area (Å²) in [4.78, 5) is 11.0. The van der Waals surface area contributed by atoms with Gasteiger partial charge in [-0.05, 0) is 12.1 Å². The Bertz CT molecular complexity index is 597. The molecule has 0 atom stereocenters. The van der Waals surface area contributed by atoms with Gasteiger partial charge in [0, 0.05) is 0 Å². The molecule has 1 heterocycles. The number of rotatable bonds is 2. The van der Waals surface area contributed by atoms with E-state index in [1.807, 2.05) is 0 Å². The summed E-state index contributed by atoms with van der Waals surface area (Å²) in [5.74, 6) is -4.06. The van der Waals surface area contributed by atoms with Crippen molar-refractivity contribution >= 4 is 5.91 Å². The molecule has 8 heteroatoms. The Hall–Kier alpha value is -2.51. The van der Waals surface area contributed by atoms with Crippen molar-refractivity contribution in [3.05, 3.63) is 29.5 Å². The largest absolute Gasteiger partial charge is 0.507 e. The molecular weight excluding hydrogens is 234 g/mol. The van der Waals surface area contributed by atoms with E-state index in [-0.39, 0.29) is 11.4 Å². The van der Waals surface area contributed by atoms with Gasteiger partial charge in [-0.3, -0.25) is 4.79 Å². The highest BCUT2D eigenvalue weighted by atomic mass is 19.2. The topological polar surface area (TPSA) is 105 Å². The number of carbonyl (C=O) groups is 1. The fraction of sp³-hybridized carbons (Fsp3) is 0. The zero-order valence-electron chi connectivity index (χ0n) is 8.24. The third kappa shape index (κ3) is 1.69. The second-order valence-electron chi connectivity index (χ2n) is 3.14. The first kappa shape index (κ1) is 11.0. The Balaban J connectivity index is 2.72. The van der Waals surface area contributed by atoms with E-state index in [2.05, 4.69) is 15.4 Å². The lowest BCUT2D eigenvalue weighted by atomic mass is 10.1. The molecule has 0 radical (unpaired) electrons. The molecule has 0 spiro atoms. The van der Waals surface area contributed by atoms with E-state index >= 15 is 0 Å². The fourth-order valence-corrected chi connectivity index (χ4v) is 1.34. The second-order valence-corrected chi connectivity index (χ2v) is 3.14. The number of carbonyl (C=O) groups excluding carboxylic acids is 1. The van der Waals surface area contributed by atoms with Crippen LogP contribution in [0.3, 0.4) is 0 Å². The molecule has 6 nitrogen and oxygen atoms in total. The summed E-state index contributed by atoms with van der Waals surface area (Å²) in [7, 11) is 0. The van der Waals surface area contributed by atoms with E-state index in [0.717, 1.165) is 12.1 Å². The predicted molar refractivity (Wildman–Crippen MR) is 51.9 cm³/mol. The van der Waals surface area contributed by atoms with Gasteiger partial charge in [-0.1, -0.05) is 0 Å². The first-order valence-electron chi connectivity index (χ1n) is 4.40. The molecule has 1 aromatic carbocycles. The first-order valence-corrected chi connectivity index (χ1v) is 4.40. The van der Waals surface area contributed by atoms with Crippen LogP contribution in [0.15, 0.2) is 12.1 Å². The highest BCUT2D eigenvalue weighted by Crippen LogP contribution is 2.32. The number of halogens is 2. The van der Waals surface area contributed by atoms with Crippen LogP contribution in [0.1, 0.15) is 10.5 Å². The SMILES string of the molecule is NC(=O)c1n[nH]nc1-c1c(O)ccc(F)c1F. The molecule has 17 heavy (non-hydrogen) atoms. The Kier molecular flexibility index (Phi) is 2.47. The van der Waals surface area contributed by atoms with Crippen LogP contribution in [-0.4, -0.2) is 26.4 Å². The maximum Gasteiger partial charge on any atom is 0.271 e. The summed E-state index contributed by atoms with van der Waals surface area (Å²) in [5, 5.41) is 18.4. The van der Waals surface area contributed by atoms with Crippen LogP contribution in [0.4, 0.5) is 8.78 Å². The van der Waals surface area contributed by atoms with Gasteiger partial charge < -0.3 is 10.8 Å². The molecule has 2 rings (SSSR count). The minimum absolute atomic E-state index is 0.341. The summed E-state index contributed by atoms with van der Waals surface area (Å²) in [6.45, 7) is 0. The molecule has 0 saturated heterocycles. The van der Waals surface area contributed by atoms with Crippen molar-refractivity contribution in [1.82, 2.24) is 15.4 Å². The van der Waals surface area contributed by atoms with Crippen molar-refractivity contribution in [3.63, 3.8) is 0 Å². The lowest BCUT2D eigenvalue weighted by Gasteiger charge is -2.04. The van der Waals surface area contributed by atoms with E-state index in [4.69, 9.17) is 5.73 Å². The Morgan fingerprint density at radius 1 is 1.35 bits per heavy atom. The molecule has 0 unspecified atom stereocenters. The van der Waals surface area contributed by atoms with Gasteiger partial charge in [0.15, 0.2) is 17.3 Å². The molecule has 1 aromatic heterocycles. The number of amides is 1. The molecular formula is C9H6F2N4O2. The van der Waals surface area contributed by atoms with Gasteiger partial charge in [0.1, 0.15) is 11.4 Å². The Morgan fingerprint density at radius 3 is 2.71 bits per heavy atom. The maximum atomic E-state index is 13.5. The number of phenolic OH excluding ortho intramolecular Hbond substituents is 1. The average Bonchev–Trinajstić information content (AvgIpc) is 2.73. The number of H-pyrrole nitrogens is 1. The number of aromatic amines is 1. The van der Waals surface area contributed by atoms with Crippen molar-refractivity contribution in [3.8, 4) is 17.0 Å². The molecule has 1 amide bonds. The minimum Gasteiger partial charge on any atom is -0.507 e. The van der Waals surface area contributed by atoms with Crippen LogP contribution < -0.4 is 5.73 Å². The third-order valence-electron chi connectivity index (χ3n) is 2.09. The molecule has 4 N–H and O–H groups in total.